The second-order valence-electron chi connectivity index (χ2n) is 2.06. The number of halogens is 4. The van der Waals surface area contributed by atoms with Crippen LogP contribution in [0.15, 0.2) is 9.22 Å². The van der Waals surface area contributed by atoms with Gasteiger partial charge in [-0.1, -0.05) is 0 Å². The van der Waals surface area contributed by atoms with Gasteiger partial charge in [-0.3, -0.25) is 0 Å². The maximum Gasteiger partial charge on any atom is 0.411 e. The summed E-state index contributed by atoms with van der Waals surface area (Å²) in [6.07, 6.45) is -4.34. The molecule has 0 aliphatic rings. The van der Waals surface area contributed by atoms with Crippen molar-refractivity contribution in [2.75, 3.05) is 6.61 Å². The lowest BCUT2D eigenvalue weighted by atomic mass is 10.6. The number of ether oxygens (including phenoxy) is 1. The molecule has 1 rings (SSSR count). The zero-order chi connectivity index (χ0) is 9.90. The molecule has 0 aliphatic heterocycles. The van der Waals surface area contributed by atoms with Crippen molar-refractivity contribution in [3.05, 3.63) is 10.7 Å². The van der Waals surface area contributed by atoms with E-state index in [1.54, 1.807) is 0 Å². The van der Waals surface area contributed by atoms with Crippen molar-refractivity contribution in [3.63, 3.8) is 0 Å². The first-order chi connectivity index (χ1) is 5.97. The first-order valence-electron chi connectivity index (χ1n) is 3.10. The summed E-state index contributed by atoms with van der Waals surface area (Å²) in [5, 5.41) is 6.75. The number of rotatable bonds is 3. The van der Waals surface area contributed by atoms with Crippen LogP contribution in [-0.2, 0) is 11.3 Å². The van der Waals surface area contributed by atoms with Gasteiger partial charge in [0.15, 0.2) is 0 Å². The van der Waals surface area contributed by atoms with E-state index in [0.717, 1.165) is 0 Å². The SMILES string of the molecule is FC(F)(F)COCc1nnc(Br)o1. The summed E-state index contributed by atoms with van der Waals surface area (Å²) in [6, 6.07) is 0. The van der Waals surface area contributed by atoms with Crippen LogP contribution in [0.25, 0.3) is 0 Å². The van der Waals surface area contributed by atoms with E-state index < -0.39 is 12.8 Å². The summed E-state index contributed by atoms with van der Waals surface area (Å²) in [5.74, 6) is -0.00359. The molecule has 0 aliphatic carbocycles. The summed E-state index contributed by atoms with van der Waals surface area (Å²) in [5.41, 5.74) is 0. The third-order valence-corrected chi connectivity index (χ3v) is 1.25. The Morgan fingerprint density at radius 3 is 2.54 bits per heavy atom. The number of alkyl halides is 3. The van der Waals surface area contributed by atoms with Crippen molar-refractivity contribution in [2.45, 2.75) is 12.8 Å². The molecular weight excluding hydrogens is 257 g/mol. The quantitative estimate of drug-likeness (QED) is 0.833. The highest BCUT2D eigenvalue weighted by Crippen LogP contribution is 2.15. The Bertz CT molecular complexity index is 275. The van der Waals surface area contributed by atoms with Crippen LogP contribution in [0.1, 0.15) is 5.89 Å². The van der Waals surface area contributed by atoms with Crippen molar-refractivity contribution in [1.82, 2.24) is 10.2 Å². The van der Waals surface area contributed by atoms with Gasteiger partial charge in [0.2, 0.25) is 5.89 Å². The van der Waals surface area contributed by atoms with Crippen LogP contribution in [0.3, 0.4) is 0 Å². The second-order valence-corrected chi connectivity index (χ2v) is 2.74. The predicted octanol–water partition coefficient (Wildman–Crippen LogP) is 1.91. The molecule has 0 amide bonds. The van der Waals surface area contributed by atoms with Crippen LogP contribution in [-0.4, -0.2) is 23.0 Å². The molecule has 0 radical (unpaired) electrons. The molecule has 74 valence electrons. The van der Waals surface area contributed by atoms with Gasteiger partial charge in [-0.15, -0.1) is 10.2 Å². The van der Waals surface area contributed by atoms with Crippen LogP contribution >= 0.6 is 15.9 Å². The van der Waals surface area contributed by atoms with Gasteiger partial charge in [0, 0.05) is 15.9 Å². The van der Waals surface area contributed by atoms with Gasteiger partial charge in [0.25, 0.3) is 4.80 Å². The van der Waals surface area contributed by atoms with Crippen molar-refractivity contribution in [2.24, 2.45) is 0 Å². The Morgan fingerprint density at radius 1 is 1.38 bits per heavy atom. The topological polar surface area (TPSA) is 48.2 Å². The summed E-state index contributed by atoms with van der Waals surface area (Å²) in [6.45, 7) is -1.68. The molecule has 0 saturated heterocycles. The van der Waals surface area contributed by atoms with Crippen LogP contribution in [0.5, 0.6) is 0 Å². The zero-order valence-electron chi connectivity index (χ0n) is 6.14. The molecule has 0 bridgehead atoms. The largest absolute Gasteiger partial charge is 0.413 e. The third-order valence-electron chi connectivity index (χ3n) is 0.933. The van der Waals surface area contributed by atoms with Crippen molar-refractivity contribution < 1.29 is 22.3 Å². The molecule has 0 saturated carbocycles. The fourth-order valence-corrected chi connectivity index (χ4v) is 0.812. The molecule has 0 N–H and O–H groups in total. The van der Waals surface area contributed by atoms with Crippen LogP contribution < -0.4 is 0 Å². The molecule has 1 aromatic rings. The lowest BCUT2D eigenvalue weighted by Gasteiger charge is -2.04. The maximum atomic E-state index is 11.6. The smallest absolute Gasteiger partial charge is 0.411 e. The summed E-state index contributed by atoms with van der Waals surface area (Å²) in [7, 11) is 0. The lowest BCUT2D eigenvalue weighted by Crippen LogP contribution is -2.16. The Morgan fingerprint density at radius 2 is 2.08 bits per heavy atom. The molecule has 0 atom stereocenters. The monoisotopic (exact) mass is 260 g/mol. The summed E-state index contributed by atoms with van der Waals surface area (Å²) in [4.78, 5) is 0.109. The second kappa shape index (κ2) is 4.05. The number of nitrogens with zero attached hydrogens (tertiary/aromatic N) is 2. The number of hydrogen-bond acceptors (Lipinski definition) is 4. The molecule has 0 aromatic carbocycles. The number of hydrogen-bond donors (Lipinski definition) is 0. The predicted molar refractivity (Wildman–Crippen MR) is 37.7 cm³/mol. The van der Waals surface area contributed by atoms with Crippen LogP contribution in [0.2, 0.25) is 0 Å². The fraction of sp³-hybridized carbons (Fsp3) is 0.600. The zero-order valence-corrected chi connectivity index (χ0v) is 7.72. The van der Waals surface area contributed by atoms with Gasteiger partial charge in [-0.2, -0.15) is 13.2 Å². The molecule has 4 nitrogen and oxygen atoms in total. The Labute approximate surface area is 79.2 Å². The van der Waals surface area contributed by atoms with Crippen molar-refractivity contribution in [1.29, 1.82) is 0 Å². The van der Waals surface area contributed by atoms with Gasteiger partial charge in [0.1, 0.15) is 13.2 Å². The summed E-state index contributed by atoms with van der Waals surface area (Å²) >= 11 is 2.85. The molecule has 0 spiro atoms. The normalized spacial score (nSPS) is 12.0. The van der Waals surface area contributed by atoms with Gasteiger partial charge in [0.05, 0.1) is 0 Å². The first-order valence-corrected chi connectivity index (χ1v) is 3.89. The average Bonchev–Trinajstić information content (AvgIpc) is 2.33. The van der Waals surface area contributed by atoms with E-state index in [-0.39, 0.29) is 17.3 Å². The van der Waals surface area contributed by atoms with E-state index in [0.29, 0.717) is 0 Å². The minimum atomic E-state index is -4.34. The third kappa shape index (κ3) is 4.23. The number of aromatic nitrogens is 2. The highest BCUT2D eigenvalue weighted by Gasteiger charge is 2.27. The molecule has 13 heavy (non-hydrogen) atoms. The van der Waals surface area contributed by atoms with E-state index in [9.17, 15) is 13.2 Å². The average molecular weight is 261 g/mol. The first kappa shape index (κ1) is 10.5. The molecule has 1 heterocycles. The lowest BCUT2D eigenvalue weighted by molar-refractivity contribution is -0.177. The maximum absolute atomic E-state index is 11.6. The van der Waals surface area contributed by atoms with E-state index in [1.165, 1.54) is 0 Å². The molecule has 1 aromatic heterocycles. The van der Waals surface area contributed by atoms with Crippen LogP contribution in [0.4, 0.5) is 13.2 Å². The minimum Gasteiger partial charge on any atom is -0.413 e. The van der Waals surface area contributed by atoms with Gasteiger partial charge >= 0.3 is 6.18 Å². The van der Waals surface area contributed by atoms with Gasteiger partial charge < -0.3 is 9.15 Å². The minimum absolute atomic E-state index is 0.00359. The summed E-state index contributed by atoms with van der Waals surface area (Å²) < 4.78 is 43.6. The van der Waals surface area contributed by atoms with Crippen molar-refractivity contribution >= 4 is 15.9 Å². The van der Waals surface area contributed by atoms with E-state index >= 15 is 0 Å². The molecule has 8 heteroatoms. The van der Waals surface area contributed by atoms with Crippen LogP contribution in [0, 0.1) is 0 Å². The Balaban J connectivity index is 2.28. The molecule has 0 fully saturated rings. The van der Waals surface area contributed by atoms with Gasteiger partial charge in [-0.25, -0.2) is 0 Å². The fourth-order valence-electron chi connectivity index (χ4n) is 0.546. The van der Waals surface area contributed by atoms with Crippen molar-refractivity contribution in [3.8, 4) is 0 Å². The highest BCUT2D eigenvalue weighted by atomic mass is 79.9. The Kier molecular flexibility index (Phi) is 3.26. The molecule has 0 unspecified atom stereocenters. The van der Waals surface area contributed by atoms with E-state index in [1.807, 2.05) is 0 Å². The van der Waals surface area contributed by atoms with E-state index in [2.05, 4.69) is 30.9 Å². The highest BCUT2D eigenvalue weighted by molar-refractivity contribution is 9.10. The van der Waals surface area contributed by atoms with E-state index in [4.69, 9.17) is 4.42 Å². The molecular formula is C5H4BrF3N2O2. The van der Waals surface area contributed by atoms with Gasteiger partial charge in [-0.05, 0) is 0 Å². The standard InChI is InChI=1S/C5H4BrF3N2O2/c6-4-11-10-3(13-4)1-12-2-5(7,8)9/h1-2H2. The Hall–Kier alpha value is -0.630.